The van der Waals surface area contributed by atoms with Gasteiger partial charge < -0.3 is 10.4 Å². The Morgan fingerprint density at radius 2 is 2.05 bits per heavy atom. The van der Waals surface area contributed by atoms with Gasteiger partial charge in [-0.05, 0) is 24.6 Å². The molecular formula is C13H11ClN2O3. The molecule has 0 saturated carbocycles. The van der Waals surface area contributed by atoms with Gasteiger partial charge in [0.1, 0.15) is 5.82 Å². The third-order valence-corrected chi connectivity index (χ3v) is 3.11. The number of hydrogen-bond acceptors (Lipinski definition) is 3. The summed E-state index contributed by atoms with van der Waals surface area (Å²) in [7, 11) is 0. The van der Waals surface area contributed by atoms with Gasteiger partial charge in [-0.15, -0.1) is 0 Å². The smallest absolute Gasteiger partial charge is 0.336 e. The highest BCUT2D eigenvalue weighted by atomic mass is 35.5. The molecule has 2 N–H and O–H groups in total. The zero-order chi connectivity index (χ0) is 14.2. The maximum Gasteiger partial charge on any atom is 0.336 e. The summed E-state index contributed by atoms with van der Waals surface area (Å²) in [5, 5.41) is 12.7. The number of carbonyl (C=O) groups is 2. The largest absolute Gasteiger partial charge is 0.478 e. The molecule has 0 fully saturated rings. The second-order valence-corrected chi connectivity index (χ2v) is 4.52. The fourth-order valence-corrected chi connectivity index (χ4v) is 1.98. The molecule has 1 amide bonds. The van der Waals surface area contributed by atoms with Crippen molar-refractivity contribution in [2.75, 3.05) is 5.32 Å². The standard InChI is InChI=1S/C13H11ClN2O3/c1-6-10(14)4-3-8-9(13(18)19)5-11(15-7(2)17)16-12(6)8/h3-5H,1-2H3,(H,18,19)(H,15,16,17). The molecule has 5 nitrogen and oxygen atoms in total. The molecular weight excluding hydrogens is 268 g/mol. The van der Waals surface area contributed by atoms with Crippen molar-refractivity contribution in [2.45, 2.75) is 13.8 Å². The van der Waals surface area contributed by atoms with Crippen molar-refractivity contribution in [3.63, 3.8) is 0 Å². The average molecular weight is 279 g/mol. The van der Waals surface area contributed by atoms with E-state index in [1.54, 1.807) is 19.1 Å². The quantitative estimate of drug-likeness (QED) is 0.885. The molecule has 98 valence electrons. The van der Waals surface area contributed by atoms with Gasteiger partial charge in [-0.1, -0.05) is 17.7 Å². The predicted molar refractivity (Wildman–Crippen MR) is 72.8 cm³/mol. The van der Waals surface area contributed by atoms with Gasteiger partial charge in [0.05, 0.1) is 11.1 Å². The molecule has 0 radical (unpaired) electrons. The van der Waals surface area contributed by atoms with Crippen LogP contribution in [-0.2, 0) is 4.79 Å². The first-order valence-corrected chi connectivity index (χ1v) is 5.88. The number of anilines is 1. The van der Waals surface area contributed by atoms with Gasteiger partial charge in [-0.25, -0.2) is 9.78 Å². The molecule has 0 bridgehead atoms. The van der Waals surface area contributed by atoms with Crippen molar-refractivity contribution >= 4 is 40.2 Å². The lowest BCUT2D eigenvalue weighted by atomic mass is 10.1. The summed E-state index contributed by atoms with van der Waals surface area (Å²) in [5.41, 5.74) is 1.22. The second-order valence-electron chi connectivity index (χ2n) is 4.11. The minimum absolute atomic E-state index is 0.0773. The molecule has 0 aliphatic heterocycles. The molecule has 2 aromatic rings. The first-order valence-electron chi connectivity index (χ1n) is 5.51. The van der Waals surface area contributed by atoms with Crippen LogP contribution in [0.1, 0.15) is 22.8 Å². The van der Waals surface area contributed by atoms with Crippen LogP contribution in [0.15, 0.2) is 18.2 Å². The Balaban J connectivity index is 2.80. The SMILES string of the molecule is CC(=O)Nc1cc(C(=O)O)c2ccc(Cl)c(C)c2n1. The van der Waals surface area contributed by atoms with Crippen LogP contribution in [-0.4, -0.2) is 22.0 Å². The lowest BCUT2D eigenvalue weighted by molar-refractivity contribution is -0.114. The van der Waals surface area contributed by atoms with Gasteiger partial charge in [-0.2, -0.15) is 0 Å². The molecule has 0 unspecified atom stereocenters. The summed E-state index contributed by atoms with van der Waals surface area (Å²) in [6, 6.07) is 4.57. The summed E-state index contributed by atoms with van der Waals surface area (Å²) in [6.07, 6.45) is 0. The number of nitrogens with zero attached hydrogens (tertiary/aromatic N) is 1. The summed E-state index contributed by atoms with van der Waals surface area (Å²) in [6.45, 7) is 3.08. The number of pyridine rings is 1. The van der Waals surface area contributed by atoms with Gasteiger partial charge in [0, 0.05) is 17.3 Å². The van der Waals surface area contributed by atoms with Crippen LogP contribution in [0.25, 0.3) is 10.9 Å². The topological polar surface area (TPSA) is 79.3 Å². The minimum Gasteiger partial charge on any atom is -0.478 e. The number of halogens is 1. The number of amides is 1. The van der Waals surface area contributed by atoms with Crippen LogP contribution in [0.4, 0.5) is 5.82 Å². The number of aromatic nitrogens is 1. The molecule has 1 aromatic carbocycles. The molecule has 0 atom stereocenters. The third kappa shape index (κ3) is 2.51. The van der Waals surface area contributed by atoms with Crippen LogP contribution >= 0.6 is 11.6 Å². The number of benzene rings is 1. The molecule has 6 heteroatoms. The predicted octanol–water partition coefficient (Wildman–Crippen LogP) is 2.85. The minimum atomic E-state index is -1.08. The number of aryl methyl sites for hydroxylation is 1. The number of nitrogens with one attached hydrogen (secondary N) is 1. The molecule has 2 rings (SSSR count). The number of carboxylic acids is 1. The normalized spacial score (nSPS) is 10.5. The Morgan fingerprint density at radius 1 is 1.37 bits per heavy atom. The maximum absolute atomic E-state index is 11.3. The Bertz CT molecular complexity index is 698. The van der Waals surface area contributed by atoms with Crippen LogP contribution in [0.5, 0.6) is 0 Å². The van der Waals surface area contributed by atoms with Crippen molar-refractivity contribution in [3.05, 3.63) is 34.3 Å². The van der Waals surface area contributed by atoms with Crippen LogP contribution in [0.2, 0.25) is 5.02 Å². The second kappa shape index (κ2) is 4.85. The Labute approximate surface area is 114 Å². The van der Waals surface area contributed by atoms with Crippen LogP contribution in [0.3, 0.4) is 0 Å². The van der Waals surface area contributed by atoms with Crippen LogP contribution in [0, 0.1) is 6.92 Å². The van der Waals surface area contributed by atoms with Crippen molar-refractivity contribution in [2.24, 2.45) is 0 Å². The van der Waals surface area contributed by atoms with E-state index in [1.807, 2.05) is 0 Å². The summed E-state index contributed by atoms with van der Waals surface area (Å²) >= 11 is 6.00. The highest BCUT2D eigenvalue weighted by Gasteiger charge is 2.15. The van der Waals surface area contributed by atoms with E-state index in [1.165, 1.54) is 13.0 Å². The first-order chi connectivity index (χ1) is 8.90. The Kier molecular flexibility index (Phi) is 3.40. The van der Waals surface area contributed by atoms with Gasteiger partial charge in [-0.3, -0.25) is 4.79 Å². The van der Waals surface area contributed by atoms with Crippen molar-refractivity contribution < 1.29 is 14.7 Å². The lowest BCUT2D eigenvalue weighted by Crippen LogP contribution is -2.10. The number of hydrogen-bond donors (Lipinski definition) is 2. The fourth-order valence-electron chi connectivity index (χ4n) is 1.83. The van der Waals surface area contributed by atoms with Gasteiger partial charge in [0.25, 0.3) is 0 Å². The number of rotatable bonds is 2. The molecule has 1 heterocycles. The van der Waals surface area contributed by atoms with E-state index in [2.05, 4.69) is 10.3 Å². The van der Waals surface area contributed by atoms with Crippen molar-refractivity contribution in [1.29, 1.82) is 0 Å². The highest BCUT2D eigenvalue weighted by Crippen LogP contribution is 2.28. The van der Waals surface area contributed by atoms with Gasteiger partial charge in [0.15, 0.2) is 0 Å². The zero-order valence-corrected chi connectivity index (χ0v) is 11.1. The van der Waals surface area contributed by atoms with E-state index >= 15 is 0 Å². The number of fused-ring (bicyclic) bond motifs is 1. The molecule has 0 aliphatic carbocycles. The van der Waals surface area contributed by atoms with E-state index in [-0.39, 0.29) is 17.3 Å². The van der Waals surface area contributed by atoms with Crippen LogP contribution < -0.4 is 5.32 Å². The van der Waals surface area contributed by atoms with E-state index in [4.69, 9.17) is 11.6 Å². The molecule has 0 saturated heterocycles. The Hall–Kier alpha value is -2.14. The first kappa shape index (κ1) is 13.3. The highest BCUT2D eigenvalue weighted by molar-refractivity contribution is 6.32. The number of carboxylic acid groups (broad SMARTS) is 1. The summed E-state index contributed by atoms with van der Waals surface area (Å²) in [5.74, 6) is -1.20. The monoisotopic (exact) mass is 278 g/mol. The lowest BCUT2D eigenvalue weighted by Gasteiger charge is -2.09. The average Bonchev–Trinajstić information content (AvgIpc) is 2.32. The molecule has 19 heavy (non-hydrogen) atoms. The zero-order valence-electron chi connectivity index (χ0n) is 10.3. The maximum atomic E-state index is 11.3. The summed E-state index contributed by atoms with van der Waals surface area (Å²) < 4.78 is 0. The molecule has 1 aromatic heterocycles. The van der Waals surface area contributed by atoms with Gasteiger partial charge >= 0.3 is 5.97 Å². The number of carbonyl (C=O) groups excluding carboxylic acids is 1. The summed E-state index contributed by atoms with van der Waals surface area (Å²) in [4.78, 5) is 26.6. The van der Waals surface area contributed by atoms with E-state index < -0.39 is 5.97 Å². The van der Waals surface area contributed by atoms with Gasteiger partial charge in [0.2, 0.25) is 5.91 Å². The van der Waals surface area contributed by atoms with E-state index in [0.29, 0.717) is 21.5 Å². The number of aromatic carboxylic acids is 1. The fraction of sp³-hybridized carbons (Fsp3) is 0.154. The van der Waals surface area contributed by atoms with E-state index in [9.17, 15) is 14.7 Å². The Morgan fingerprint density at radius 3 is 2.63 bits per heavy atom. The molecule has 0 spiro atoms. The van der Waals surface area contributed by atoms with E-state index in [0.717, 1.165) is 0 Å². The van der Waals surface area contributed by atoms with Crippen molar-refractivity contribution in [1.82, 2.24) is 4.98 Å². The van der Waals surface area contributed by atoms with Crippen molar-refractivity contribution in [3.8, 4) is 0 Å². The third-order valence-electron chi connectivity index (χ3n) is 2.70. The molecule has 0 aliphatic rings.